The van der Waals surface area contributed by atoms with E-state index < -0.39 is 0 Å². The highest BCUT2D eigenvalue weighted by atomic mass is 15.0. The molecule has 0 aliphatic heterocycles. The number of nitrogens with zero attached hydrogens (tertiary/aromatic N) is 3. The maximum absolute atomic E-state index is 5.90. The van der Waals surface area contributed by atoms with Gasteiger partial charge in [0.05, 0.1) is 0 Å². The summed E-state index contributed by atoms with van der Waals surface area (Å²) >= 11 is 0. The minimum Gasteiger partial charge on any atom is -0.402 e. The van der Waals surface area contributed by atoms with Gasteiger partial charge in [-0.3, -0.25) is 0 Å². The van der Waals surface area contributed by atoms with Gasteiger partial charge in [-0.25, -0.2) is 15.0 Å². The maximum Gasteiger partial charge on any atom is 0.164 e. The number of nitrogens with two attached hydrogens (primary N) is 1. The summed E-state index contributed by atoms with van der Waals surface area (Å²) in [5.41, 5.74) is 9.60. The van der Waals surface area contributed by atoms with Crippen molar-refractivity contribution in [1.29, 1.82) is 0 Å². The second kappa shape index (κ2) is 8.21. The van der Waals surface area contributed by atoms with Gasteiger partial charge in [-0.15, -0.1) is 0 Å². The molecule has 0 radical (unpaired) electrons. The fourth-order valence-corrected chi connectivity index (χ4v) is 2.41. The average Bonchev–Trinajstić information content (AvgIpc) is 2.72. The van der Waals surface area contributed by atoms with Gasteiger partial charge in [0.25, 0.3) is 0 Å². The van der Waals surface area contributed by atoms with Gasteiger partial charge in [-0.2, -0.15) is 0 Å². The third kappa shape index (κ3) is 4.22. The van der Waals surface area contributed by atoms with Gasteiger partial charge >= 0.3 is 0 Å². The van der Waals surface area contributed by atoms with Crippen LogP contribution >= 0.6 is 0 Å². The number of rotatable bonds is 5. The predicted molar refractivity (Wildman–Crippen MR) is 107 cm³/mol. The molecule has 2 aromatic carbocycles. The molecule has 0 spiro atoms. The van der Waals surface area contributed by atoms with Crippen molar-refractivity contribution in [2.75, 3.05) is 0 Å². The van der Waals surface area contributed by atoms with Gasteiger partial charge in [0.2, 0.25) is 0 Å². The Kier molecular flexibility index (Phi) is 5.54. The van der Waals surface area contributed by atoms with Crippen LogP contribution in [0.4, 0.5) is 0 Å². The molecule has 1 aromatic heterocycles. The van der Waals surface area contributed by atoms with E-state index in [9.17, 15) is 0 Å². The Morgan fingerprint density at radius 3 is 1.77 bits per heavy atom. The van der Waals surface area contributed by atoms with Crippen molar-refractivity contribution < 1.29 is 0 Å². The lowest BCUT2D eigenvalue weighted by molar-refractivity contribution is 1.03. The Morgan fingerprint density at radius 1 is 0.808 bits per heavy atom. The molecule has 0 amide bonds. The molecule has 0 unspecified atom stereocenters. The van der Waals surface area contributed by atoms with Gasteiger partial charge in [0.1, 0.15) is 0 Å². The molecule has 0 bridgehead atoms. The number of allylic oxidation sites excluding steroid dienone is 4. The van der Waals surface area contributed by atoms with E-state index in [1.807, 2.05) is 86.7 Å². The topological polar surface area (TPSA) is 64.7 Å². The minimum atomic E-state index is 0.651. The Labute approximate surface area is 154 Å². The maximum atomic E-state index is 5.90. The molecular formula is C22H22N4. The predicted octanol–water partition coefficient (Wildman–Crippen LogP) is 4.86. The Balaban J connectivity index is 2.12. The fraction of sp³-hybridized carbons (Fsp3) is 0.136. The molecule has 130 valence electrons. The minimum absolute atomic E-state index is 0.651. The Hall–Kier alpha value is -3.27. The monoisotopic (exact) mass is 342 g/mol. The first-order valence-electron chi connectivity index (χ1n) is 8.67. The highest BCUT2D eigenvalue weighted by Crippen LogP contribution is 2.22. The third-order valence-electron chi connectivity index (χ3n) is 4.01. The van der Waals surface area contributed by atoms with Crippen molar-refractivity contribution in [1.82, 2.24) is 15.0 Å². The van der Waals surface area contributed by atoms with E-state index in [-0.39, 0.29) is 0 Å². The van der Waals surface area contributed by atoms with E-state index in [0.717, 1.165) is 28.8 Å². The zero-order valence-corrected chi connectivity index (χ0v) is 15.1. The zero-order valence-electron chi connectivity index (χ0n) is 15.1. The summed E-state index contributed by atoms with van der Waals surface area (Å²) < 4.78 is 0. The van der Waals surface area contributed by atoms with E-state index in [2.05, 4.69) is 15.0 Å². The molecule has 3 rings (SSSR count). The van der Waals surface area contributed by atoms with Crippen molar-refractivity contribution >= 4 is 5.57 Å². The molecule has 3 aromatic rings. The molecule has 4 heteroatoms. The number of benzene rings is 2. The van der Waals surface area contributed by atoms with Gasteiger partial charge in [0, 0.05) is 16.8 Å². The smallest absolute Gasteiger partial charge is 0.164 e. The van der Waals surface area contributed by atoms with Gasteiger partial charge in [-0.05, 0) is 25.0 Å². The van der Waals surface area contributed by atoms with Crippen LogP contribution in [0.2, 0.25) is 0 Å². The van der Waals surface area contributed by atoms with Crippen molar-refractivity contribution in [3.63, 3.8) is 0 Å². The van der Waals surface area contributed by atoms with E-state index in [4.69, 9.17) is 5.73 Å². The van der Waals surface area contributed by atoms with Gasteiger partial charge in [0.15, 0.2) is 17.5 Å². The van der Waals surface area contributed by atoms with Crippen LogP contribution in [0.25, 0.3) is 28.3 Å². The quantitative estimate of drug-likeness (QED) is 0.672. The lowest BCUT2D eigenvalue weighted by Crippen LogP contribution is -2.02. The van der Waals surface area contributed by atoms with Gasteiger partial charge in [-0.1, -0.05) is 73.7 Å². The van der Waals surface area contributed by atoms with Crippen LogP contribution in [0.1, 0.15) is 26.1 Å². The van der Waals surface area contributed by atoms with Crippen LogP contribution in [0, 0.1) is 0 Å². The summed E-state index contributed by atoms with van der Waals surface area (Å²) in [6.45, 7) is 4.01. The normalized spacial score (nSPS) is 12.2. The summed E-state index contributed by atoms with van der Waals surface area (Å²) in [4.78, 5) is 14.0. The lowest BCUT2D eigenvalue weighted by Gasteiger charge is -2.08. The molecule has 0 fully saturated rings. The van der Waals surface area contributed by atoms with Gasteiger partial charge < -0.3 is 5.73 Å². The van der Waals surface area contributed by atoms with Crippen molar-refractivity contribution in [2.45, 2.75) is 20.3 Å². The summed E-state index contributed by atoms with van der Waals surface area (Å²) in [5, 5.41) is 0. The highest BCUT2D eigenvalue weighted by molar-refractivity contribution is 5.66. The van der Waals surface area contributed by atoms with Crippen LogP contribution in [-0.4, -0.2) is 15.0 Å². The summed E-state index contributed by atoms with van der Waals surface area (Å²) in [6.07, 6.45) is 4.67. The molecule has 26 heavy (non-hydrogen) atoms. The third-order valence-corrected chi connectivity index (χ3v) is 4.01. The second-order valence-corrected chi connectivity index (χ2v) is 5.98. The Morgan fingerprint density at radius 2 is 1.31 bits per heavy atom. The van der Waals surface area contributed by atoms with Crippen LogP contribution < -0.4 is 5.73 Å². The lowest BCUT2D eigenvalue weighted by atomic mass is 10.1. The summed E-state index contributed by atoms with van der Waals surface area (Å²) in [6, 6.07) is 19.9. The van der Waals surface area contributed by atoms with Crippen LogP contribution in [0.15, 0.2) is 78.5 Å². The van der Waals surface area contributed by atoms with Crippen molar-refractivity contribution in [3.05, 3.63) is 84.3 Å². The standard InChI is InChI=1S/C22H22N4/c1-3-19(23)15-14-16(2)20-24-21(17-10-6-4-7-11-17)26-22(25-20)18-12-8-5-9-13-18/h4-15H,3,23H2,1-2H3/b16-14+,19-15+. The molecule has 0 aliphatic carbocycles. The van der Waals surface area contributed by atoms with Crippen LogP contribution in [0.3, 0.4) is 0 Å². The Bertz CT molecular complexity index is 871. The van der Waals surface area contributed by atoms with Crippen LogP contribution in [0.5, 0.6) is 0 Å². The molecular weight excluding hydrogens is 320 g/mol. The van der Waals surface area contributed by atoms with Crippen molar-refractivity contribution in [2.24, 2.45) is 5.73 Å². The first-order valence-corrected chi connectivity index (χ1v) is 8.67. The SMILES string of the molecule is CC/C(N)=C\C=C(/C)c1nc(-c2ccccc2)nc(-c2ccccc2)n1. The number of hydrogen-bond donors (Lipinski definition) is 1. The first kappa shape index (κ1) is 17.5. The van der Waals surface area contributed by atoms with Crippen LogP contribution in [-0.2, 0) is 0 Å². The molecule has 0 atom stereocenters. The molecule has 4 nitrogen and oxygen atoms in total. The molecule has 0 saturated carbocycles. The first-order chi connectivity index (χ1) is 12.7. The van der Waals surface area contributed by atoms with Crippen molar-refractivity contribution in [3.8, 4) is 22.8 Å². The second-order valence-electron chi connectivity index (χ2n) is 5.98. The summed E-state index contributed by atoms with van der Waals surface area (Å²) in [5.74, 6) is 1.97. The highest BCUT2D eigenvalue weighted by Gasteiger charge is 2.11. The van der Waals surface area contributed by atoms with E-state index in [0.29, 0.717) is 17.5 Å². The zero-order chi connectivity index (χ0) is 18.4. The largest absolute Gasteiger partial charge is 0.402 e. The van der Waals surface area contributed by atoms with E-state index in [1.54, 1.807) is 0 Å². The van der Waals surface area contributed by atoms with E-state index in [1.165, 1.54) is 0 Å². The molecule has 2 N–H and O–H groups in total. The molecule has 0 aliphatic rings. The number of hydrogen-bond acceptors (Lipinski definition) is 4. The fourth-order valence-electron chi connectivity index (χ4n) is 2.41. The average molecular weight is 342 g/mol. The number of aromatic nitrogens is 3. The van der Waals surface area contributed by atoms with E-state index >= 15 is 0 Å². The summed E-state index contributed by atoms with van der Waals surface area (Å²) in [7, 11) is 0. The molecule has 1 heterocycles. The molecule has 0 saturated heterocycles.